The summed E-state index contributed by atoms with van der Waals surface area (Å²) >= 11 is 0. The summed E-state index contributed by atoms with van der Waals surface area (Å²) in [6.07, 6.45) is 1.26. The molecule has 24 heavy (non-hydrogen) atoms. The molecule has 4 atom stereocenters. The van der Waals surface area contributed by atoms with E-state index in [9.17, 15) is 19.2 Å². The number of ether oxygens (including phenoxy) is 1. The van der Waals surface area contributed by atoms with Crippen LogP contribution in [0.1, 0.15) is 33.6 Å². The SMILES string of the molecule is CN1C(=O)c2ccc(N3C(=O)C4C5CCC(O5)C4C3=O)cc2C1=O. The Balaban J connectivity index is 1.57. The van der Waals surface area contributed by atoms with Crippen LogP contribution in [-0.4, -0.2) is 47.8 Å². The molecule has 0 aliphatic carbocycles. The van der Waals surface area contributed by atoms with Gasteiger partial charge in [0.25, 0.3) is 11.8 Å². The lowest BCUT2D eigenvalue weighted by atomic mass is 9.81. The van der Waals surface area contributed by atoms with E-state index in [4.69, 9.17) is 4.74 Å². The molecule has 4 amide bonds. The number of anilines is 1. The van der Waals surface area contributed by atoms with Crippen molar-refractivity contribution in [3.63, 3.8) is 0 Å². The summed E-state index contributed by atoms with van der Waals surface area (Å²) in [5, 5.41) is 0. The third-order valence-electron chi connectivity index (χ3n) is 5.62. The maximum absolute atomic E-state index is 12.8. The predicted octanol–water partition coefficient (Wildman–Crippen LogP) is 0.579. The molecule has 3 saturated heterocycles. The number of fused-ring (bicyclic) bond motifs is 6. The van der Waals surface area contributed by atoms with E-state index < -0.39 is 17.7 Å². The summed E-state index contributed by atoms with van der Waals surface area (Å²) in [5.41, 5.74) is 0.889. The van der Waals surface area contributed by atoms with Crippen LogP contribution in [0.25, 0.3) is 0 Å². The number of benzene rings is 1. The largest absolute Gasteiger partial charge is 0.373 e. The molecule has 4 unspecified atom stereocenters. The highest BCUT2D eigenvalue weighted by atomic mass is 16.5. The van der Waals surface area contributed by atoms with E-state index in [1.54, 1.807) is 6.07 Å². The Bertz CT molecular complexity index is 819. The average molecular weight is 326 g/mol. The number of nitrogens with zero attached hydrogens (tertiary/aromatic N) is 2. The van der Waals surface area contributed by atoms with Crippen LogP contribution in [0, 0.1) is 11.8 Å². The van der Waals surface area contributed by atoms with Crippen LogP contribution in [0.4, 0.5) is 5.69 Å². The molecule has 4 heterocycles. The second-order valence-corrected chi connectivity index (χ2v) is 6.75. The van der Waals surface area contributed by atoms with Crippen LogP contribution in [-0.2, 0) is 14.3 Å². The highest BCUT2D eigenvalue weighted by Gasteiger charge is 2.62. The van der Waals surface area contributed by atoms with Crippen molar-refractivity contribution in [1.82, 2.24) is 4.90 Å². The summed E-state index contributed by atoms with van der Waals surface area (Å²) in [6, 6.07) is 4.54. The van der Waals surface area contributed by atoms with E-state index in [-0.39, 0.29) is 35.5 Å². The Hall–Kier alpha value is -2.54. The number of carbonyl (C=O) groups excluding carboxylic acids is 4. The van der Waals surface area contributed by atoms with Gasteiger partial charge in [0, 0.05) is 7.05 Å². The number of hydrogen-bond acceptors (Lipinski definition) is 5. The summed E-state index contributed by atoms with van der Waals surface area (Å²) in [5.74, 6) is -2.14. The van der Waals surface area contributed by atoms with E-state index in [2.05, 4.69) is 0 Å². The summed E-state index contributed by atoms with van der Waals surface area (Å²) in [6.45, 7) is 0. The fourth-order valence-corrected chi connectivity index (χ4v) is 4.45. The first-order valence-electron chi connectivity index (χ1n) is 7.99. The molecule has 3 fully saturated rings. The van der Waals surface area contributed by atoms with E-state index >= 15 is 0 Å². The molecule has 5 rings (SSSR count). The molecule has 4 aliphatic heterocycles. The summed E-state index contributed by atoms with van der Waals surface area (Å²) in [4.78, 5) is 51.8. The number of carbonyl (C=O) groups is 4. The minimum Gasteiger partial charge on any atom is -0.373 e. The minimum atomic E-state index is -0.417. The van der Waals surface area contributed by atoms with Crippen LogP contribution in [0.5, 0.6) is 0 Å². The van der Waals surface area contributed by atoms with E-state index in [0.717, 1.165) is 17.7 Å². The lowest BCUT2D eigenvalue weighted by Gasteiger charge is -2.17. The van der Waals surface area contributed by atoms with Gasteiger partial charge in [0.05, 0.1) is 40.9 Å². The van der Waals surface area contributed by atoms with Gasteiger partial charge in [-0.15, -0.1) is 0 Å². The molecule has 4 aliphatic rings. The van der Waals surface area contributed by atoms with Crippen LogP contribution in [0.15, 0.2) is 18.2 Å². The standard InChI is InChI=1S/C17H14N2O5/c1-18-14(20)8-3-2-7(6-9(8)15(18)21)19-16(22)12-10-4-5-11(24-10)13(12)17(19)23/h2-3,6,10-13H,4-5H2,1H3. The van der Waals surface area contributed by atoms with Crippen molar-refractivity contribution in [3.8, 4) is 0 Å². The maximum Gasteiger partial charge on any atom is 0.261 e. The van der Waals surface area contributed by atoms with Crippen molar-refractivity contribution in [2.24, 2.45) is 11.8 Å². The normalized spacial score (nSPS) is 33.7. The highest BCUT2D eigenvalue weighted by molar-refractivity contribution is 6.25. The fraction of sp³-hybridized carbons (Fsp3) is 0.412. The van der Waals surface area contributed by atoms with Gasteiger partial charge >= 0.3 is 0 Å². The Labute approximate surface area is 137 Å². The quantitative estimate of drug-likeness (QED) is 0.705. The molecule has 0 spiro atoms. The zero-order chi connectivity index (χ0) is 16.7. The van der Waals surface area contributed by atoms with E-state index in [0.29, 0.717) is 11.3 Å². The lowest BCUT2D eigenvalue weighted by Crippen LogP contribution is -2.34. The smallest absolute Gasteiger partial charge is 0.261 e. The third-order valence-corrected chi connectivity index (χ3v) is 5.62. The minimum absolute atomic E-state index is 0.176. The molecule has 0 saturated carbocycles. The van der Waals surface area contributed by atoms with Crippen LogP contribution < -0.4 is 4.90 Å². The number of imide groups is 2. The monoisotopic (exact) mass is 326 g/mol. The van der Waals surface area contributed by atoms with Crippen LogP contribution >= 0.6 is 0 Å². The fourth-order valence-electron chi connectivity index (χ4n) is 4.45. The van der Waals surface area contributed by atoms with Crippen molar-refractivity contribution in [1.29, 1.82) is 0 Å². The van der Waals surface area contributed by atoms with E-state index in [1.807, 2.05) is 0 Å². The van der Waals surface area contributed by atoms with Gasteiger partial charge in [0.1, 0.15) is 0 Å². The second kappa shape index (κ2) is 4.30. The first kappa shape index (κ1) is 13.9. The van der Waals surface area contributed by atoms with Crippen LogP contribution in [0.2, 0.25) is 0 Å². The Morgan fingerprint density at radius 1 is 0.917 bits per heavy atom. The number of hydrogen-bond donors (Lipinski definition) is 0. The Kier molecular flexibility index (Phi) is 2.48. The first-order chi connectivity index (χ1) is 11.5. The van der Waals surface area contributed by atoms with Gasteiger partial charge < -0.3 is 4.74 Å². The molecule has 7 heteroatoms. The maximum atomic E-state index is 12.8. The zero-order valence-electron chi connectivity index (χ0n) is 12.9. The second-order valence-electron chi connectivity index (χ2n) is 6.75. The average Bonchev–Trinajstić information content (AvgIpc) is 3.30. The van der Waals surface area contributed by atoms with Gasteiger partial charge in [-0.1, -0.05) is 0 Å². The zero-order valence-corrected chi connectivity index (χ0v) is 12.9. The molecule has 0 N–H and O–H groups in total. The molecule has 0 radical (unpaired) electrons. The highest BCUT2D eigenvalue weighted by Crippen LogP contribution is 2.49. The molecular formula is C17H14N2O5. The lowest BCUT2D eigenvalue weighted by molar-refractivity contribution is -0.124. The third kappa shape index (κ3) is 1.46. The molecule has 1 aromatic rings. The van der Waals surface area contributed by atoms with Crippen molar-refractivity contribution in [3.05, 3.63) is 29.3 Å². The van der Waals surface area contributed by atoms with Gasteiger partial charge in [-0.05, 0) is 31.0 Å². The van der Waals surface area contributed by atoms with Gasteiger partial charge in [-0.25, -0.2) is 4.90 Å². The summed E-state index contributed by atoms with van der Waals surface area (Å²) < 4.78 is 5.71. The molecule has 122 valence electrons. The van der Waals surface area contributed by atoms with Crippen molar-refractivity contribution in [2.75, 3.05) is 11.9 Å². The van der Waals surface area contributed by atoms with Gasteiger partial charge in [0.2, 0.25) is 11.8 Å². The van der Waals surface area contributed by atoms with Gasteiger partial charge in [-0.3, -0.25) is 24.1 Å². The molecule has 7 nitrogen and oxygen atoms in total. The molecule has 0 aromatic heterocycles. The first-order valence-corrected chi connectivity index (χ1v) is 7.99. The molecule has 1 aromatic carbocycles. The Morgan fingerprint density at radius 3 is 2.12 bits per heavy atom. The number of rotatable bonds is 1. The Morgan fingerprint density at radius 2 is 1.50 bits per heavy atom. The van der Waals surface area contributed by atoms with Crippen LogP contribution in [0.3, 0.4) is 0 Å². The van der Waals surface area contributed by atoms with Gasteiger partial charge in [0.15, 0.2) is 0 Å². The molecular weight excluding hydrogens is 312 g/mol. The topological polar surface area (TPSA) is 84.0 Å². The van der Waals surface area contributed by atoms with Crippen molar-refractivity contribution >= 4 is 29.3 Å². The molecule has 2 bridgehead atoms. The van der Waals surface area contributed by atoms with E-state index in [1.165, 1.54) is 24.1 Å². The van der Waals surface area contributed by atoms with Gasteiger partial charge in [-0.2, -0.15) is 0 Å². The predicted molar refractivity (Wildman–Crippen MR) is 80.2 cm³/mol. The number of amides is 4. The van der Waals surface area contributed by atoms with Crippen molar-refractivity contribution < 1.29 is 23.9 Å². The summed E-state index contributed by atoms with van der Waals surface area (Å²) in [7, 11) is 1.41. The van der Waals surface area contributed by atoms with Crippen molar-refractivity contribution in [2.45, 2.75) is 25.0 Å².